The van der Waals surface area contributed by atoms with Crippen LogP contribution >= 0.6 is 0 Å². The Morgan fingerprint density at radius 2 is 1.52 bits per heavy atom. The second kappa shape index (κ2) is 6.78. The maximum Gasteiger partial charge on any atom is 0.267 e. The highest BCUT2D eigenvalue weighted by Crippen LogP contribution is 2.21. The van der Waals surface area contributed by atoms with Gasteiger partial charge in [-0.15, -0.1) is 0 Å². The lowest BCUT2D eigenvalue weighted by Gasteiger charge is -2.23. The Labute approximate surface area is 122 Å². The van der Waals surface area contributed by atoms with Gasteiger partial charge in [0.05, 0.1) is 12.2 Å². The molecular formula is C16H16N2O3. The van der Waals surface area contributed by atoms with Crippen LogP contribution in [0.3, 0.4) is 0 Å². The quantitative estimate of drug-likeness (QED) is 0.884. The van der Waals surface area contributed by atoms with Crippen molar-refractivity contribution in [2.75, 3.05) is 11.4 Å². The van der Waals surface area contributed by atoms with E-state index >= 15 is 0 Å². The smallest absolute Gasteiger partial charge is 0.267 e. The number of amides is 2. The van der Waals surface area contributed by atoms with Crippen molar-refractivity contribution in [3.05, 3.63) is 66.2 Å². The summed E-state index contributed by atoms with van der Waals surface area (Å²) in [5, 5.41) is 10.2. The van der Waals surface area contributed by atoms with Crippen LogP contribution in [-0.4, -0.2) is 23.5 Å². The fourth-order valence-corrected chi connectivity index (χ4v) is 1.96. The van der Waals surface area contributed by atoms with Crippen molar-refractivity contribution in [3.63, 3.8) is 0 Å². The lowest BCUT2D eigenvalue weighted by atomic mass is 10.1. The number of aliphatic hydroxyl groups is 1. The summed E-state index contributed by atoms with van der Waals surface area (Å²) in [7, 11) is 0. The largest absolute Gasteiger partial charge is 0.378 e. The zero-order valence-corrected chi connectivity index (χ0v) is 11.3. The molecule has 0 radical (unpaired) electrons. The normalized spacial score (nSPS) is 11.7. The molecule has 1 atom stereocenters. The Bertz CT molecular complexity index is 614. The zero-order valence-electron chi connectivity index (χ0n) is 11.3. The third-order valence-corrected chi connectivity index (χ3v) is 3.01. The van der Waals surface area contributed by atoms with Gasteiger partial charge in [0.15, 0.2) is 6.10 Å². The van der Waals surface area contributed by atoms with E-state index in [0.717, 1.165) is 4.90 Å². The molecule has 3 N–H and O–H groups in total. The fraction of sp³-hybridized carbons (Fsp3) is 0.125. The first kappa shape index (κ1) is 14.9. The third-order valence-electron chi connectivity index (χ3n) is 3.01. The van der Waals surface area contributed by atoms with Gasteiger partial charge in [-0.05, 0) is 17.7 Å². The van der Waals surface area contributed by atoms with Crippen LogP contribution in [0.5, 0.6) is 0 Å². The number of rotatable bonds is 4. The Balaban J connectivity index is 2.33. The molecule has 0 saturated carbocycles. The number of aliphatic hydroxyl groups excluding tert-OH is 1. The maximum atomic E-state index is 12.4. The van der Waals surface area contributed by atoms with E-state index in [4.69, 9.17) is 5.73 Å². The summed E-state index contributed by atoms with van der Waals surface area (Å²) in [4.78, 5) is 25.3. The number of benzene rings is 2. The molecule has 0 bridgehead atoms. The highest BCUT2D eigenvalue weighted by atomic mass is 16.3. The van der Waals surface area contributed by atoms with Gasteiger partial charge in [-0.2, -0.15) is 0 Å². The number of anilines is 1. The number of para-hydroxylation sites is 1. The van der Waals surface area contributed by atoms with Gasteiger partial charge in [-0.3, -0.25) is 9.59 Å². The van der Waals surface area contributed by atoms with Gasteiger partial charge in [0.1, 0.15) is 0 Å². The SMILES string of the molecule is NCC(=O)N(C(=O)C(O)c1ccccc1)c1ccccc1. The zero-order chi connectivity index (χ0) is 15.2. The summed E-state index contributed by atoms with van der Waals surface area (Å²) in [6, 6.07) is 16.9. The number of hydrogen-bond acceptors (Lipinski definition) is 4. The monoisotopic (exact) mass is 284 g/mol. The van der Waals surface area contributed by atoms with Gasteiger partial charge in [-0.1, -0.05) is 48.5 Å². The highest BCUT2D eigenvalue weighted by Gasteiger charge is 2.29. The standard InChI is InChI=1S/C16H16N2O3/c17-11-14(19)18(13-9-5-2-6-10-13)16(21)15(20)12-7-3-1-4-8-12/h1-10,15,20H,11,17H2. The van der Waals surface area contributed by atoms with Crippen molar-refractivity contribution in [1.29, 1.82) is 0 Å². The predicted molar refractivity (Wildman–Crippen MR) is 79.4 cm³/mol. The molecule has 5 nitrogen and oxygen atoms in total. The average Bonchev–Trinajstić information content (AvgIpc) is 2.55. The van der Waals surface area contributed by atoms with Crippen LogP contribution in [0, 0.1) is 0 Å². The lowest BCUT2D eigenvalue weighted by molar-refractivity contribution is -0.131. The number of imide groups is 1. The molecule has 2 rings (SSSR count). The van der Waals surface area contributed by atoms with Crippen LogP contribution < -0.4 is 10.6 Å². The van der Waals surface area contributed by atoms with E-state index < -0.39 is 17.9 Å². The van der Waals surface area contributed by atoms with Crippen molar-refractivity contribution >= 4 is 17.5 Å². The molecule has 2 amide bonds. The summed E-state index contributed by atoms with van der Waals surface area (Å²) in [6.07, 6.45) is -1.41. The van der Waals surface area contributed by atoms with E-state index in [1.165, 1.54) is 0 Å². The molecule has 0 aromatic heterocycles. The molecule has 0 heterocycles. The summed E-state index contributed by atoms with van der Waals surface area (Å²) in [5.74, 6) is -1.29. The second-order valence-electron chi connectivity index (χ2n) is 4.42. The number of carbonyl (C=O) groups is 2. The van der Waals surface area contributed by atoms with Crippen LogP contribution in [-0.2, 0) is 9.59 Å². The predicted octanol–water partition coefficient (Wildman–Crippen LogP) is 1.24. The second-order valence-corrected chi connectivity index (χ2v) is 4.42. The number of nitrogens with zero attached hydrogens (tertiary/aromatic N) is 1. The molecule has 0 aliphatic heterocycles. The van der Waals surface area contributed by atoms with Crippen molar-refractivity contribution < 1.29 is 14.7 Å². The van der Waals surface area contributed by atoms with Crippen molar-refractivity contribution in [2.45, 2.75) is 6.10 Å². The van der Waals surface area contributed by atoms with Gasteiger partial charge >= 0.3 is 0 Å². The van der Waals surface area contributed by atoms with Gasteiger partial charge in [0.2, 0.25) is 5.91 Å². The molecule has 0 aliphatic rings. The Morgan fingerprint density at radius 3 is 2.05 bits per heavy atom. The lowest BCUT2D eigenvalue weighted by Crippen LogP contribution is -2.43. The summed E-state index contributed by atoms with van der Waals surface area (Å²) < 4.78 is 0. The van der Waals surface area contributed by atoms with Crippen molar-refractivity contribution in [2.24, 2.45) is 5.73 Å². The van der Waals surface area contributed by atoms with E-state index in [0.29, 0.717) is 11.3 Å². The number of hydrogen-bond donors (Lipinski definition) is 2. The van der Waals surface area contributed by atoms with Crippen LogP contribution in [0.4, 0.5) is 5.69 Å². The van der Waals surface area contributed by atoms with Crippen LogP contribution in [0.25, 0.3) is 0 Å². The highest BCUT2D eigenvalue weighted by molar-refractivity contribution is 6.16. The molecule has 2 aromatic carbocycles. The average molecular weight is 284 g/mol. The Kier molecular flexibility index (Phi) is 4.81. The molecule has 0 saturated heterocycles. The Hall–Kier alpha value is -2.50. The first-order valence-electron chi connectivity index (χ1n) is 6.50. The minimum Gasteiger partial charge on any atom is -0.378 e. The molecule has 0 aliphatic carbocycles. The van der Waals surface area contributed by atoms with Gasteiger partial charge in [-0.25, -0.2) is 4.90 Å². The topological polar surface area (TPSA) is 83.6 Å². The molecular weight excluding hydrogens is 268 g/mol. The first-order valence-corrected chi connectivity index (χ1v) is 6.50. The molecule has 21 heavy (non-hydrogen) atoms. The van der Waals surface area contributed by atoms with Gasteiger partial charge < -0.3 is 10.8 Å². The summed E-state index contributed by atoms with van der Waals surface area (Å²) in [5.41, 5.74) is 6.17. The fourth-order valence-electron chi connectivity index (χ4n) is 1.96. The minimum atomic E-state index is -1.41. The molecule has 2 aromatic rings. The van der Waals surface area contributed by atoms with E-state index in [9.17, 15) is 14.7 Å². The molecule has 0 spiro atoms. The van der Waals surface area contributed by atoms with E-state index in [1.807, 2.05) is 0 Å². The van der Waals surface area contributed by atoms with Gasteiger partial charge in [0.25, 0.3) is 5.91 Å². The van der Waals surface area contributed by atoms with E-state index in [1.54, 1.807) is 60.7 Å². The maximum absolute atomic E-state index is 12.4. The summed E-state index contributed by atoms with van der Waals surface area (Å²) >= 11 is 0. The van der Waals surface area contributed by atoms with Crippen LogP contribution in [0.1, 0.15) is 11.7 Å². The summed E-state index contributed by atoms with van der Waals surface area (Å²) in [6.45, 7) is -0.317. The molecule has 0 fully saturated rings. The van der Waals surface area contributed by atoms with E-state index in [-0.39, 0.29) is 6.54 Å². The van der Waals surface area contributed by atoms with E-state index in [2.05, 4.69) is 0 Å². The van der Waals surface area contributed by atoms with Crippen LogP contribution in [0.2, 0.25) is 0 Å². The van der Waals surface area contributed by atoms with Crippen molar-refractivity contribution in [1.82, 2.24) is 0 Å². The molecule has 5 heteroatoms. The number of nitrogens with two attached hydrogens (primary N) is 1. The minimum absolute atomic E-state index is 0.317. The third kappa shape index (κ3) is 3.34. The number of carbonyl (C=O) groups excluding carboxylic acids is 2. The molecule has 108 valence electrons. The molecule has 1 unspecified atom stereocenters. The Morgan fingerprint density at radius 1 is 1.00 bits per heavy atom. The van der Waals surface area contributed by atoms with Crippen molar-refractivity contribution in [3.8, 4) is 0 Å². The van der Waals surface area contributed by atoms with Gasteiger partial charge in [0, 0.05) is 0 Å². The van der Waals surface area contributed by atoms with Crippen LogP contribution in [0.15, 0.2) is 60.7 Å². The first-order chi connectivity index (χ1) is 10.1.